The molecule has 0 spiro atoms. The van der Waals surface area contributed by atoms with Crippen LogP contribution in [0.15, 0.2) is 48.7 Å². The first-order valence-electron chi connectivity index (χ1n) is 7.85. The van der Waals surface area contributed by atoms with Crippen LogP contribution < -0.4 is 16.0 Å². The first kappa shape index (κ1) is 16.7. The number of amides is 1. The maximum atomic E-state index is 12.6. The number of nitrogens with two attached hydrogens (primary N) is 1. The number of rotatable bonds is 4. The predicted molar refractivity (Wildman–Crippen MR) is 95.6 cm³/mol. The molecule has 0 bridgehead atoms. The van der Waals surface area contributed by atoms with E-state index < -0.39 is 5.91 Å². The molecule has 3 N–H and O–H groups in total. The van der Waals surface area contributed by atoms with E-state index in [9.17, 15) is 9.59 Å². The van der Waals surface area contributed by atoms with Crippen LogP contribution in [-0.2, 0) is 0 Å². The average molecular weight is 337 g/mol. The van der Waals surface area contributed by atoms with E-state index in [-0.39, 0.29) is 12.5 Å². The lowest BCUT2D eigenvalue weighted by Crippen LogP contribution is -2.29. The van der Waals surface area contributed by atoms with Crippen LogP contribution in [0.25, 0.3) is 10.9 Å². The number of para-hydroxylation sites is 1. The maximum Gasteiger partial charge on any atom is 0.269 e. The Morgan fingerprint density at radius 3 is 2.60 bits per heavy atom. The van der Waals surface area contributed by atoms with Crippen molar-refractivity contribution >= 4 is 22.7 Å². The minimum atomic E-state index is -0.446. The number of aryl methyl sites for hydroxylation is 2. The van der Waals surface area contributed by atoms with Gasteiger partial charge in [-0.1, -0.05) is 24.3 Å². The molecule has 0 atom stereocenters. The molecular formula is C19H19N3O3. The van der Waals surface area contributed by atoms with Crippen molar-refractivity contribution in [2.75, 3.05) is 6.61 Å². The summed E-state index contributed by atoms with van der Waals surface area (Å²) in [6.45, 7) is 3.87. The number of hydrogen-bond acceptors (Lipinski definition) is 4. The summed E-state index contributed by atoms with van der Waals surface area (Å²) < 4.78 is 7.03. The van der Waals surface area contributed by atoms with Gasteiger partial charge in [-0.05, 0) is 43.2 Å². The molecule has 128 valence electrons. The quantitative estimate of drug-likeness (QED) is 0.435. The number of benzene rings is 2. The van der Waals surface area contributed by atoms with Crippen molar-refractivity contribution < 1.29 is 14.3 Å². The molecule has 0 saturated carbocycles. The third kappa shape index (κ3) is 3.25. The van der Waals surface area contributed by atoms with Gasteiger partial charge in [0.05, 0.1) is 11.1 Å². The van der Waals surface area contributed by atoms with Crippen molar-refractivity contribution in [2.45, 2.75) is 13.8 Å². The lowest BCUT2D eigenvalue weighted by molar-refractivity contribution is 0.0843. The average Bonchev–Trinajstić information content (AvgIpc) is 3.01. The Bertz CT molecular complexity index is 960. The monoisotopic (exact) mass is 337 g/mol. The highest BCUT2D eigenvalue weighted by atomic mass is 16.5. The highest BCUT2D eigenvalue weighted by Gasteiger charge is 2.17. The minimum absolute atomic E-state index is 0.134. The van der Waals surface area contributed by atoms with Crippen LogP contribution >= 0.6 is 0 Å². The van der Waals surface area contributed by atoms with E-state index in [0.29, 0.717) is 22.2 Å². The Balaban J connectivity index is 1.87. The van der Waals surface area contributed by atoms with Gasteiger partial charge in [-0.2, -0.15) is 0 Å². The molecule has 1 aromatic heterocycles. The SMILES string of the molecule is Cc1ccc(OCC(=O)n2cc(C(=O)NN)c3ccccc32)cc1C. The van der Waals surface area contributed by atoms with Crippen LogP contribution in [-0.4, -0.2) is 23.0 Å². The zero-order chi connectivity index (χ0) is 18.0. The number of nitrogen functional groups attached to an aromatic ring is 1. The van der Waals surface area contributed by atoms with Crippen molar-refractivity contribution in [3.05, 3.63) is 65.4 Å². The van der Waals surface area contributed by atoms with Gasteiger partial charge in [0.15, 0.2) is 6.61 Å². The Hall–Kier alpha value is -3.12. The van der Waals surface area contributed by atoms with Crippen LogP contribution in [0.3, 0.4) is 0 Å². The molecule has 25 heavy (non-hydrogen) atoms. The van der Waals surface area contributed by atoms with Gasteiger partial charge in [-0.3, -0.25) is 19.6 Å². The Kier molecular flexibility index (Phi) is 4.54. The number of hydrazine groups is 1. The molecule has 0 aliphatic carbocycles. The summed E-state index contributed by atoms with van der Waals surface area (Å²) in [5.74, 6) is 5.14. The van der Waals surface area contributed by atoms with E-state index >= 15 is 0 Å². The van der Waals surface area contributed by atoms with Crippen molar-refractivity contribution in [1.29, 1.82) is 0 Å². The van der Waals surface area contributed by atoms with Crippen LogP contribution in [0.1, 0.15) is 26.3 Å². The number of carbonyl (C=O) groups is 2. The van der Waals surface area contributed by atoms with Gasteiger partial charge < -0.3 is 4.74 Å². The first-order valence-corrected chi connectivity index (χ1v) is 7.85. The number of nitrogens with zero attached hydrogens (tertiary/aromatic N) is 1. The van der Waals surface area contributed by atoms with Crippen molar-refractivity contribution in [1.82, 2.24) is 9.99 Å². The number of nitrogens with one attached hydrogen (secondary N) is 1. The highest BCUT2D eigenvalue weighted by molar-refractivity contribution is 6.09. The van der Waals surface area contributed by atoms with Gasteiger partial charge in [0, 0.05) is 11.6 Å². The second-order valence-electron chi connectivity index (χ2n) is 5.83. The summed E-state index contributed by atoms with van der Waals surface area (Å²) in [5.41, 5.74) is 5.33. The molecule has 1 heterocycles. The number of carbonyl (C=O) groups excluding carboxylic acids is 2. The van der Waals surface area contributed by atoms with Crippen LogP contribution in [0.5, 0.6) is 5.75 Å². The van der Waals surface area contributed by atoms with Gasteiger partial charge >= 0.3 is 0 Å². The molecule has 0 saturated heterocycles. The van der Waals surface area contributed by atoms with Crippen LogP contribution in [0, 0.1) is 13.8 Å². The van der Waals surface area contributed by atoms with Crippen molar-refractivity contribution in [3.63, 3.8) is 0 Å². The highest BCUT2D eigenvalue weighted by Crippen LogP contribution is 2.22. The molecule has 3 aromatic rings. The summed E-state index contributed by atoms with van der Waals surface area (Å²) in [5, 5.41) is 0.657. The molecule has 0 aliphatic rings. The Morgan fingerprint density at radius 1 is 1.12 bits per heavy atom. The molecule has 3 rings (SSSR count). The summed E-state index contributed by atoms with van der Waals surface area (Å²) in [4.78, 5) is 24.5. The van der Waals surface area contributed by atoms with E-state index in [1.807, 2.05) is 32.0 Å². The van der Waals surface area contributed by atoms with Crippen LogP contribution in [0.2, 0.25) is 0 Å². The van der Waals surface area contributed by atoms with E-state index in [1.54, 1.807) is 24.3 Å². The summed E-state index contributed by atoms with van der Waals surface area (Å²) in [6.07, 6.45) is 1.49. The Morgan fingerprint density at radius 2 is 1.88 bits per heavy atom. The molecular weight excluding hydrogens is 318 g/mol. The molecule has 0 aliphatic heterocycles. The second kappa shape index (κ2) is 6.78. The molecule has 0 unspecified atom stereocenters. The number of ether oxygens (including phenoxy) is 1. The third-order valence-electron chi connectivity index (χ3n) is 4.20. The van der Waals surface area contributed by atoms with Crippen molar-refractivity contribution in [2.24, 2.45) is 5.84 Å². The lowest BCUT2D eigenvalue weighted by Gasteiger charge is -2.09. The first-order chi connectivity index (χ1) is 12.0. The fraction of sp³-hybridized carbons (Fsp3) is 0.158. The standard InChI is InChI=1S/C19H19N3O3/c1-12-7-8-14(9-13(12)2)25-11-18(23)22-10-16(19(24)21-20)15-5-3-4-6-17(15)22/h3-10H,11,20H2,1-2H3,(H,21,24). The third-order valence-corrected chi connectivity index (χ3v) is 4.20. The predicted octanol–water partition coefficient (Wildman–Crippen LogP) is 2.58. The smallest absolute Gasteiger partial charge is 0.269 e. The van der Waals surface area contributed by atoms with E-state index in [1.165, 1.54) is 10.8 Å². The van der Waals surface area contributed by atoms with Gasteiger partial charge in [0.1, 0.15) is 5.75 Å². The summed E-state index contributed by atoms with van der Waals surface area (Å²) in [6, 6.07) is 12.8. The van der Waals surface area contributed by atoms with E-state index in [0.717, 1.165) is 11.1 Å². The zero-order valence-electron chi connectivity index (χ0n) is 14.1. The molecule has 0 fully saturated rings. The van der Waals surface area contributed by atoms with E-state index in [4.69, 9.17) is 10.6 Å². The van der Waals surface area contributed by atoms with E-state index in [2.05, 4.69) is 5.43 Å². The molecule has 2 aromatic carbocycles. The number of fused-ring (bicyclic) bond motifs is 1. The van der Waals surface area contributed by atoms with Crippen molar-refractivity contribution in [3.8, 4) is 5.75 Å². The summed E-state index contributed by atoms with van der Waals surface area (Å²) >= 11 is 0. The fourth-order valence-corrected chi connectivity index (χ4v) is 2.66. The molecule has 0 radical (unpaired) electrons. The molecule has 6 nitrogen and oxygen atoms in total. The Labute approximate surface area is 145 Å². The van der Waals surface area contributed by atoms with Gasteiger partial charge in [0.25, 0.3) is 11.8 Å². The summed E-state index contributed by atoms with van der Waals surface area (Å²) in [7, 11) is 0. The maximum absolute atomic E-state index is 12.6. The largest absolute Gasteiger partial charge is 0.484 e. The van der Waals surface area contributed by atoms with Gasteiger partial charge in [0.2, 0.25) is 0 Å². The second-order valence-corrected chi connectivity index (χ2v) is 5.83. The number of hydrogen-bond donors (Lipinski definition) is 2. The molecule has 6 heteroatoms. The lowest BCUT2D eigenvalue weighted by atomic mass is 10.1. The minimum Gasteiger partial charge on any atom is -0.484 e. The van der Waals surface area contributed by atoms with Crippen LogP contribution in [0.4, 0.5) is 0 Å². The number of aromatic nitrogens is 1. The zero-order valence-corrected chi connectivity index (χ0v) is 14.1. The van der Waals surface area contributed by atoms with Gasteiger partial charge in [-0.15, -0.1) is 0 Å². The fourth-order valence-electron chi connectivity index (χ4n) is 2.66. The molecule has 1 amide bonds. The van der Waals surface area contributed by atoms with Gasteiger partial charge in [-0.25, -0.2) is 5.84 Å². The normalized spacial score (nSPS) is 10.7. The topological polar surface area (TPSA) is 86.3 Å².